The predicted octanol–water partition coefficient (Wildman–Crippen LogP) is 5.09. The number of carbonyl (C=O) groups is 1. The van der Waals surface area contributed by atoms with Gasteiger partial charge in [-0.3, -0.25) is 14.6 Å². The van der Waals surface area contributed by atoms with Gasteiger partial charge in [0.15, 0.2) is 0 Å². The second-order valence-corrected chi connectivity index (χ2v) is 10.1. The summed E-state index contributed by atoms with van der Waals surface area (Å²) in [5, 5.41) is 11.4. The van der Waals surface area contributed by atoms with Gasteiger partial charge in [-0.2, -0.15) is 5.26 Å². The molecule has 2 heterocycles. The molecule has 5 rings (SSSR count). The van der Waals surface area contributed by atoms with Crippen LogP contribution in [0, 0.1) is 16.7 Å². The summed E-state index contributed by atoms with van der Waals surface area (Å²) in [5.41, 5.74) is 2.50. The summed E-state index contributed by atoms with van der Waals surface area (Å²) in [6, 6.07) is 23.9. The monoisotopic (exact) mass is 439 g/mol. The summed E-state index contributed by atoms with van der Waals surface area (Å²) < 4.78 is 6.23. The van der Waals surface area contributed by atoms with Crippen LogP contribution in [0.1, 0.15) is 38.3 Å². The van der Waals surface area contributed by atoms with Crippen LogP contribution in [-0.4, -0.2) is 35.7 Å². The van der Waals surface area contributed by atoms with Crippen molar-refractivity contribution in [3.63, 3.8) is 0 Å². The molecule has 0 spiro atoms. The van der Waals surface area contributed by atoms with Crippen LogP contribution in [0.25, 0.3) is 10.8 Å². The molecule has 168 valence electrons. The van der Waals surface area contributed by atoms with Gasteiger partial charge in [0.25, 0.3) is 0 Å². The van der Waals surface area contributed by atoms with Gasteiger partial charge in [0.05, 0.1) is 42.2 Å². The van der Waals surface area contributed by atoms with Crippen LogP contribution in [0.5, 0.6) is 0 Å². The van der Waals surface area contributed by atoms with Gasteiger partial charge < -0.3 is 4.74 Å². The summed E-state index contributed by atoms with van der Waals surface area (Å²) in [5.74, 6) is 0.121. The van der Waals surface area contributed by atoms with Crippen molar-refractivity contribution in [3.8, 4) is 6.07 Å². The first-order chi connectivity index (χ1) is 15.9. The lowest BCUT2D eigenvalue weighted by molar-refractivity contribution is -0.119. The largest absolute Gasteiger partial charge is 0.372 e. The Labute approximate surface area is 195 Å². The number of ether oxygens (including phenoxy) is 1. The van der Waals surface area contributed by atoms with Crippen LogP contribution >= 0.6 is 0 Å². The number of anilines is 1. The average molecular weight is 440 g/mol. The Kier molecular flexibility index (Phi) is 5.44. The highest BCUT2D eigenvalue weighted by atomic mass is 16.5. The molecule has 0 aromatic heterocycles. The van der Waals surface area contributed by atoms with Gasteiger partial charge in [0, 0.05) is 17.3 Å². The quantitative estimate of drug-likeness (QED) is 0.568. The molecule has 5 heteroatoms. The standard InChI is InChI=1S/C28H29N3O2/c1-28(2,3)27-30-17-21(33-18-19-9-5-4-6-10-19)15-25(30)26(32)31(27)24-14-13-20(16-29)22-11-7-8-12-23(22)24/h4-14,21,25,27H,15,17-18H2,1-3H3. The molecule has 3 aromatic rings. The maximum absolute atomic E-state index is 13.8. The van der Waals surface area contributed by atoms with Gasteiger partial charge in [-0.15, -0.1) is 0 Å². The van der Waals surface area contributed by atoms with Crippen molar-refractivity contribution < 1.29 is 9.53 Å². The topological polar surface area (TPSA) is 56.6 Å². The van der Waals surface area contributed by atoms with Gasteiger partial charge in [0.1, 0.15) is 0 Å². The molecule has 0 radical (unpaired) electrons. The van der Waals surface area contributed by atoms with Crippen molar-refractivity contribution in [1.82, 2.24) is 4.90 Å². The number of hydrogen-bond acceptors (Lipinski definition) is 4. The molecule has 2 aliphatic rings. The molecule has 3 aromatic carbocycles. The van der Waals surface area contributed by atoms with E-state index in [0.717, 1.165) is 28.6 Å². The molecule has 2 saturated heterocycles. The van der Waals surface area contributed by atoms with Crippen molar-refractivity contribution in [1.29, 1.82) is 5.26 Å². The summed E-state index contributed by atoms with van der Waals surface area (Å²) in [6.45, 7) is 7.85. The lowest BCUT2D eigenvalue weighted by atomic mass is 9.90. The number of fused-ring (bicyclic) bond motifs is 2. The number of hydrogen-bond donors (Lipinski definition) is 0. The summed E-state index contributed by atoms with van der Waals surface area (Å²) in [6.07, 6.45) is 0.642. The second kappa shape index (κ2) is 8.30. The van der Waals surface area contributed by atoms with Crippen LogP contribution in [0.2, 0.25) is 0 Å². The highest BCUT2D eigenvalue weighted by molar-refractivity contribution is 6.08. The van der Waals surface area contributed by atoms with Gasteiger partial charge >= 0.3 is 0 Å². The lowest BCUT2D eigenvalue weighted by Crippen LogP contribution is -2.49. The molecular weight excluding hydrogens is 410 g/mol. The number of nitrogens with zero attached hydrogens (tertiary/aromatic N) is 3. The molecule has 3 atom stereocenters. The van der Waals surface area contributed by atoms with Crippen molar-refractivity contribution >= 4 is 22.4 Å². The summed E-state index contributed by atoms with van der Waals surface area (Å²) >= 11 is 0. The molecule has 0 N–H and O–H groups in total. The molecule has 5 nitrogen and oxygen atoms in total. The fourth-order valence-corrected chi connectivity index (χ4v) is 5.40. The van der Waals surface area contributed by atoms with E-state index in [4.69, 9.17) is 4.74 Å². The Balaban J connectivity index is 1.46. The van der Waals surface area contributed by atoms with Crippen LogP contribution in [0.3, 0.4) is 0 Å². The minimum Gasteiger partial charge on any atom is -0.372 e. The number of carbonyl (C=O) groups excluding carboxylic acids is 1. The normalized spacial score (nSPS) is 23.2. The summed E-state index contributed by atoms with van der Waals surface area (Å²) in [7, 11) is 0. The maximum atomic E-state index is 13.8. The van der Waals surface area contributed by atoms with Crippen molar-refractivity contribution in [2.45, 2.75) is 52.1 Å². The smallest absolute Gasteiger partial charge is 0.245 e. The van der Waals surface area contributed by atoms with E-state index < -0.39 is 0 Å². The molecular formula is C28H29N3O2. The van der Waals surface area contributed by atoms with E-state index in [1.807, 2.05) is 59.5 Å². The number of nitriles is 1. The summed E-state index contributed by atoms with van der Waals surface area (Å²) in [4.78, 5) is 18.1. The van der Waals surface area contributed by atoms with Crippen LogP contribution < -0.4 is 4.90 Å². The maximum Gasteiger partial charge on any atom is 0.245 e. The molecule has 1 amide bonds. The molecule has 33 heavy (non-hydrogen) atoms. The van der Waals surface area contributed by atoms with Crippen molar-refractivity contribution in [2.24, 2.45) is 5.41 Å². The van der Waals surface area contributed by atoms with Gasteiger partial charge in [-0.05, 0) is 29.5 Å². The number of rotatable bonds is 4. The van der Waals surface area contributed by atoms with Crippen LogP contribution in [-0.2, 0) is 16.1 Å². The molecule has 0 bridgehead atoms. The predicted molar refractivity (Wildman–Crippen MR) is 130 cm³/mol. The lowest BCUT2D eigenvalue weighted by Gasteiger charge is -2.39. The first-order valence-corrected chi connectivity index (χ1v) is 11.5. The van der Waals surface area contributed by atoms with E-state index in [0.29, 0.717) is 18.6 Å². The highest BCUT2D eigenvalue weighted by Crippen LogP contribution is 2.44. The fraction of sp³-hybridized carbons (Fsp3) is 0.357. The number of amides is 1. The first kappa shape index (κ1) is 21.6. The minimum absolute atomic E-state index is 0.0314. The zero-order valence-corrected chi connectivity index (χ0v) is 19.4. The third-order valence-electron chi connectivity index (χ3n) is 6.77. The van der Waals surface area contributed by atoms with E-state index >= 15 is 0 Å². The Morgan fingerprint density at radius 2 is 1.70 bits per heavy atom. The van der Waals surface area contributed by atoms with E-state index in [2.05, 4.69) is 43.9 Å². The Hall–Kier alpha value is -3.20. The Bertz CT molecular complexity index is 1230. The zero-order valence-electron chi connectivity index (χ0n) is 19.4. The molecule has 0 saturated carbocycles. The highest BCUT2D eigenvalue weighted by Gasteiger charge is 2.55. The second-order valence-electron chi connectivity index (χ2n) is 10.1. The van der Waals surface area contributed by atoms with Gasteiger partial charge in [-0.1, -0.05) is 75.4 Å². The molecule has 2 fully saturated rings. The molecule has 3 unspecified atom stereocenters. The average Bonchev–Trinajstić information content (AvgIpc) is 3.34. The van der Waals surface area contributed by atoms with Crippen LogP contribution in [0.4, 0.5) is 5.69 Å². The zero-order chi connectivity index (χ0) is 23.2. The number of benzene rings is 3. The van der Waals surface area contributed by atoms with E-state index in [9.17, 15) is 10.1 Å². The van der Waals surface area contributed by atoms with Crippen LogP contribution in [0.15, 0.2) is 66.7 Å². The third kappa shape index (κ3) is 3.80. The van der Waals surface area contributed by atoms with Gasteiger partial charge in [-0.25, -0.2) is 0 Å². The van der Waals surface area contributed by atoms with Gasteiger partial charge in [0.2, 0.25) is 5.91 Å². The Morgan fingerprint density at radius 3 is 2.39 bits per heavy atom. The minimum atomic E-state index is -0.190. The fourth-order valence-electron chi connectivity index (χ4n) is 5.40. The van der Waals surface area contributed by atoms with Crippen molar-refractivity contribution in [2.75, 3.05) is 11.4 Å². The van der Waals surface area contributed by atoms with E-state index in [1.54, 1.807) is 0 Å². The van der Waals surface area contributed by atoms with E-state index in [1.165, 1.54) is 0 Å². The molecule has 2 aliphatic heterocycles. The van der Waals surface area contributed by atoms with Crippen molar-refractivity contribution in [3.05, 3.63) is 77.9 Å². The molecule has 0 aliphatic carbocycles. The third-order valence-corrected chi connectivity index (χ3v) is 6.77. The Morgan fingerprint density at radius 1 is 1.00 bits per heavy atom. The van der Waals surface area contributed by atoms with E-state index in [-0.39, 0.29) is 29.6 Å². The first-order valence-electron chi connectivity index (χ1n) is 11.5. The SMILES string of the molecule is CC(C)(C)C1N(c2ccc(C#N)c3ccccc23)C(=O)C2CC(OCc3ccccc3)CN21.